The number of thiazole rings is 1. The van der Waals surface area contributed by atoms with Gasteiger partial charge in [0.15, 0.2) is 0 Å². The number of benzene rings is 1. The molecule has 0 fully saturated rings. The Kier molecular flexibility index (Phi) is 3.99. The molecule has 0 unspecified atom stereocenters. The molecule has 2 aromatic rings. The summed E-state index contributed by atoms with van der Waals surface area (Å²) >= 11 is 7.30. The van der Waals surface area contributed by atoms with Crippen LogP contribution in [0.15, 0.2) is 29.3 Å². The molecule has 0 bridgehead atoms. The smallest absolute Gasteiger partial charge is 0.123 e. The van der Waals surface area contributed by atoms with Gasteiger partial charge in [-0.3, -0.25) is 0 Å². The Morgan fingerprint density at radius 3 is 2.83 bits per heavy atom. The Morgan fingerprint density at radius 2 is 2.22 bits per heavy atom. The molecule has 5 heteroatoms. The van der Waals surface area contributed by atoms with Crippen LogP contribution >= 0.6 is 22.9 Å². The second kappa shape index (κ2) is 5.50. The summed E-state index contributed by atoms with van der Waals surface area (Å²) < 4.78 is 0. The van der Waals surface area contributed by atoms with Gasteiger partial charge in [-0.1, -0.05) is 12.1 Å². The molecular weight excluding hydrogens is 266 g/mol. The lowest BCUT2D eigenvalue weighted by molar-refractivity contribution is 1.23. The van der Waals surface area contributed by atoms with E-state index in [0.29, 0.717) is 5.84 Å². The molecule has 94 valence electrons. The van der Waals surface area contributed by atoms with Gasteiger partial charge >= 0.3 is 0 Å². The van der Waals surface area contributed by atoms with E-state index >= 15 is 0 Å². The minimum atomic E-state index is 0.236. The quantitative estimate of drug-likeness (QED) is 0.530. The second-order valence-electron chi connectivity index (χ2n) is 3.95. The summed E-state index contributed by atoms with van der Waals surface area (Å²) in [5.41, 5.74) is 8.56. The van der Waals surface area contributed by atoms with Crippen molar-refractivity contribution >= 4 is 34.5 Å². The lowest BCUT2D eigenvalue weighted by atomic mass is 10.2. The van der Waals surface area contributed by atoms with Crippen LogP contribution in [0.3, 0.4) is 0 Å². The Labute approximate surface area is 115 Å². The summed E-state index contributed by atoms with van der Waals surface area (Å²) in [7, 11) is 0. The van der Waals surface area contributed by atoms with E-state index < -0.39 is 0 Å². The fourth-order valence-electron chi connectivity index (χ4n) is 1.50. The van der Waals surface area contributed by atoms with Gasteiger partial charge in [-0.2, -0.15) is 0 Å². The van der Waals surface area contributed by atoms with Gasteiger partial charge in [-0.15, -0.1) is 22.9 Å². The molecular formula is C13H14ClN3S. The van der Waals surface area contributed by atoms with Gasteiger partial charge in [0, 0.05) is 10.4 Å². The Hall–Kier alpha value is -1.39. The van der Waals surface area contributed by atoms with Crippen LogP contribution in [0, 0.1) is 13.8 Å². The lowest BCUT2D eigenvalue weighted by Crippen LogP contribution is -2.12. The van der Waals surface area contributed by atoms with Crippen LogP contribution in [0.25, 0.3) is 10.6 Å². The number of nitrogens with two attached hydrogens (primary N) is 1. The summed E-state index contributed by atoms with van der Waals surface area (Å²) in [6.07, 6.45) is 0. The number of aliphatic imine (C=N–C) groups is 1. The van der Waals surface area contributed by atoms with Gasteiger partial charge < -0.3 is 5.73 Å². The average Bonchev–Trinajstić information content (AvgIpc) is 2.70. The zero-order valence-electron chi connectivity index (χ0n) is 10.3. The maximum Gasteiger partial charge on any atom is 0.123 e. The van der Waals surface area contributed by atoms with Crippen molar-refractivity contribution in [2.75, 3.05) is 5.88 Å². The van der Waals surface area contributed by atoms with Crippen LogP contribution in [0.4, 0.5) is 5.69 Å². The van der Waals surface area contributed by atoms with E-state index in [1.807, 2.05) is 31.2 Å². The van der Waals surface area contributed by atoms with Crippen LogP contribution in [0.2, 0.25) is 0 Å². The number of nitrogens with zero attached hydrogens (tertiary/aromatic N) is 2. The highest BCUT2D eigenvalue weighted by Gasteiger charge is 2.06. The lowest BCUT2D eigenvalue weighted by Gasteiger charge is -1.99. The Balaban J connectivity index is 2.38. The van der Waals surface area contributed by atoms with E-state index in [-0.39, 0.29) is 5.88 Å². The summed E-state index contributed by atoms with van der Waals surface area (Å²) in [6, 6.07) is 7.84. The van der Waals surface area contributed by atoms with Gasteiger partial charge in [-0.05, 0) is 26.0 Å². The van der Waals surface area contributed by atoms with Crippen LogP contribution in [-0.2, 0) is 0 Å². The third-order valence-corrected chi connectivity index (χ3v) is 3.93. The molecule has 1 heterocycles. The van der Waals surface area contributed by atoms with Crippen molar-refractivity contribution in [1.82, 2.24) is 4.98 Å². The first-order chi connectivity index (χ1) is 8.60. The number of hydrogen-bond acceptors (Lipinski definition) is 3. The van der Waals surface area contributed by atoms with E-state index in [9.17, 15) is 0 Å². The molecule has 0 spiro atoms. The van der Waals surface area contributed by atoms with Gasteiger partial charge in [0.25, 0.3) is 0 Å². The molecule has 1 aromatic heterocycles. The molecule has 0 aliphatic rings. The fourth-order valence-corrected chi connectivity index (χ4v) is 2.47. The first-order valence-corrected chi connectivity index (χ1v) is 6.88. The van der Waals surface area contributed by atoms with Crippen LogP contribution < -0.4 is 5.73 Å². The summed E-state index contributed by atoms with van der Waals surface area (Å²) in [6.45, 7) is 4.09. The van der Waals surface area contributed by atoms with Crippen molar-refractivity contribution < 1.29 is 0 Å². The van der Waals surface area contributed by atoms with Crippen LogP contribution in [0.1, 0.15) is 10.6 Å². The number of hydrogen-bond donors (Lipinski definition) is 1. The van der Waals surface area contributed by atoms with Gasteiger partial charge in [-0.25, -0.2) is 9.98 Å². The maximum atomic E-state index is 5.63. The molecule has 1 aromatic carbocycles. The summed E-state index contributed by atoms with van der Waals surface area (Å²) in [5, 5.41) is 1.01. The molecule has 18 heavy (non-hydrogen) atoms. The fraction of sp³-hybridized carbons (Fsp3) is 0.231. The Bertz CT molecular complexity index is 570. The number of aromatic nitrogens is 1. The van der Waals surface area contributed by atoms with E-state index in [2.05, 4.69) is 16.9 Å². The standard InChI is InChI=1S/C13H14ClN3S/c1-8-9(2)18-13(16-8)10-4-3-5-11(6-10)17-12(15)7-14/h3-6H,7H2,1-2H3,(H2,15,17). The monoisotopic (exact) mass is 279 g/mol. The van der Waals surface area contributed by atoms with E-state index in [1.54, 1.807) is 11.3 Å². The highest BCUT2D eigenvalue weighted by atomic mass is 35.5. The van der Waals surface area contributed by atoms with Crippen molar-refractivity contribution in [3.8, 4) is 10.6 Å². The maximum absolute atomic E-state index is 5.63. The predicted molar refractivity (Wildman–Crippen MR) is 79.0 cm³/mol. The van der Waals surface area contributed by atoms with E-state index in [4.69, 9.17) is 17.3 Å². The number of rotatable bonds is 3. The topological polar surface area (TPSA) is 51.3 Å². The van der Waals surface area contributed by atoms with Crippen LogP contribution in [-0.4, -0.2) is 16.7 Å². The second-order valence-corrected chi connectivity index (χ2v) is 5.42. The molecule has 0 radical (unpaired) electrons. The van der Waals surface area contributed by atoms with Crippen LogP contribution in [0.5, 0.6) is 0 Å². The van der Waals surface area contributed by atoms with Crippen molar-refractivity contribution in [3.63, 3.8) is 0 Å². The van der Waals surface area contributed by atoms with Gasteiger partial charge in [0.05, 0.1) is 17.3 Å². The molecule has 3 nitrogen and oxygen atoms in total. The van der Waals surface area contributed by atoms with Crippen molar-refractivity contribution in [1.29, 1.82) is 0 Å². The average molecular weight is 280 g/mol. The molecule has 0 amide bonds. The number of halogens is 1. The third-order valence-electron chi connectivity index (χ3n) is 2.53. The van der Waals surface area contributed by atoms with E-state index in [0.717, 1.165) is 22.0 Å². The highest BCUT2D eigenvalue weighted by Crippen LogP contribution is 2.29. The first kappa shape index (κ1) is 13.1. The molecule has 0 aliphatic carbocycles. The highest BCUT2D eigenvalue weighted by molar-refractivity contribution is 7.15. The minimum absolute atomic E-state index is 0.236. The third kappa shape index (κ3) is 2.89. The summed E-state index contributed by atoms with van der Waals surface area (Å²) in [4.78, 5) is 10.0. The van der Waals surface area contributed by atoms with Gasteiger partial charge in [0.2, 0.25) is 0 Å². The molecule has 0 saturated carbocycles. The first-order valence-electron chi connectivity index (χ1n) is 5.53. The number of aryl methyl sites for hydroxylation is 2. The molecule has 0 saturated heterocycles. The Morgan fingerprint density at radius 1 is 1.44 bits per heavy atom. The normalized spacial score (nSPS) is 11.8. The molecule has 2 rings (SSSR count). The predicted octanol–water partition coefficient (Wildman–Crippen LogP) is 3.65. The van der Waals surface area contributed by atoms with Crippen molar-refractivity contribution in [2.45, 2.75) is 13.8 Å². The molecule has 0 atom stereocenters. The zero-order valence-corrected chi connectivity index (χ0v) is 11.8. The zero-order chi connectivity index (χ0) is 13.1. The number of alkyl halides is 1. The van der Waals surface area contributed by atoms with Crippen molar-refractivity contribution in [2.24, 2.45) is 10.7 Å². The van der Waals surface area contributed by atoms with E-state index in [1.165, 1.54) is 4.88 Å². The SMILES string of the molecule is Cc1nc(-c2cccc(N=C(N)CCl)c2)sc1C. The summed E-state index contributed by atoms with van der Waals surface area (Å²) in [5.74, 6) is 0.653. The van der Waals surface area contributed by atoms with Gasteiger partial charge in [0.1, 0.15) is 10.8 Å². The number of amidine groups is 1. The molecule has 2 N–H and O–H groups in total. The molecule has 0 aliphatic heterocycles. The largest absolute Gasteiger partial charge is 0.386 e. The minimum Gasteiger partial charge on any atom is -0.386 e. The van der Waals surface area contributed by atoms with Crippen molar-refractivity contribution in [3.05, 3.63) is 34.8 Å².